The van der Waals surface area contributed by atoms with Gasteiger partial charge in [-0.3, -0.25) is 15.4 Å². The SMILES string of the molecule is CCCCc1cc(NC(=O)Nc2ccc(Oc3ccnc(NC(=O)NCC(=O)NCCOC)c3)c3ccccc23)n(-c2ccc(C)cc2)n1. The van der Waals surface area contributed by atoms with Crippen LogP contribution in [0.4, 0.5) is 26.9 Å². The molecule has 0 fully saturated rings. The Morgan fingerprint density at radius 3 is 2.43 bits per heavy atom. The first kappa shape index (κ1) is 34.4. The number of nitrogens with one attached hydrogen (secondary N) is 5. The third-order valence-corrected chi connectivity index (χ3v) is 7.44. The van der Waals surface area contributed by atoms with Crippen LogP contribution in [0.25, 0.3) is 16.5 Å². The zero-order chi connectivity index (χ0) is 34.6. The van der Waals surface area contributed by atoms with Gasteiger partial charge in [-0.15, -0.1) is 0 Å². The van der Waals surface area contributed by atoms with Crippen LogP contribution in [0, 0.1) is 6.92 Å². The number of aromatic nitrogens is 3. The number of hydrogen-bond donors (Lipinski definition) is 5. The average Bonchev–Trinajstić information content (AvgIpc) is 3.50. The second-order valence-corrected chi connectivity index (χ2v) is 11.2. The fourth-order valence-corrected chi connectivity index (χ4v) is 4.97. The van der Waals surface area contributed by atoms with E-state index in [0.717, 1.165) is 47.0 Å². The molecule has 254 valence electrons. The van der Waals surface area contributed by atoms with Crippen molar-refractivity contribution < 1.29 is 23.9 Å². The summed E-state index contributed by atoms with van der Waals surface area (Å²) in [5.74, 6) is 1.42. The molecule has 0 saturated carbocycles. The molecule has 49 heavy (non-hydrogen) atoms. The van der Waals surface area contributed by atoms with Crippen LogP contribution in [0.5, 0.6) is 11.5 Å². The number of nitrogens with zero attached hydrogens (tertiary/aromatic N) is 3. The van der Waals surface area contributed by atoms with E-state index in [9.17, 15) is 14.4 Å². The molecule has 5 amide bonds. The second-order valence-electron chi connectivity index (χ2n) is 11.2. The summed E-state index contributed by atoms with van der Waals surface area (Å²) in [5.41, 5.74) is 3.48. The zero-order valence-corrected chi connectivity index (χ0v) is 27.7. The molecule has 2 heterocycles. The van der Waals surface area contributed by atoms with Crippen molar-refractivity contribution in [1.29, 1.82) is 0 Å². The molecule has 0 spiro atoms. The number of pyridine rings is 1. The molecule has 0 atom stereocenters. The number of amides is 5. The largest absolute Gasteiger partial charge is 0.457 e. The minimum atomic E-state index is -0.593. The van der Waals surface area contributed by atoms with E-state index in [1.165, 1.54) is 13.3 Å². The first-order chi connectivity index (χ1) is 23.8. The Morgan fingerprint density at radius 2 is 1.65 bits per heavy atom. The Bertz CT molecular complexity index is 1910. The van der Waals surface area contributed by atoms with Crippen molar-refractivity contribution in [3.05, 3.63) is 96.3 Å². The smallest absolute Gasteiger partial charge is 0.324 e. The van der Waals surface area contributed by atoms with Gasteiger partial charge in [-0.05, 0) is 50.1 Å². The summed E-state index contributed by atoms with van der Waals surface area (Å²) in [6.07, 6.45) is 4.36. The number of ether oxygens (including phenoxy) is 2. The highest BCUT2D eigenvalue weighted by atomic mass is 16.5. The molecule has 5 aromatic rings. The maximum Gasteiger partial charge on any atom is 0.324 e. The van der Waals surface area contributed by atoms with Gasteiger partial charge in [0, 0.05) is 42.8 Å². The lowest BCUT2D eigenvalue weighted by Crippen LogP contribution is -2.39. The van der Waals surface area contributed by atoms with Crippen LogP contribution < -0.4 is 31.3 Å². The van der Waals surface area contributed by atoms with Gasteiger partial charge in [-0.2, -0.15) is 5.10 Å². The first-order valence-electron chi connectivity index (χ1n) is 16.0. The summed E-state index contributed by atoms with van der Waals surface area (Å²) >= 11 is 0. The Hall–Kier alpha value is -5.95. The molecule has 3 aromatic carbocycles. The molecule has 0 radical (unpaired) electrons. The average molecular weight is 665 g/mol. The quantitative estimate of drug-likeness (QED) is 0.0860. The van der Waals surface area contributed by atoms with E-state index in [-0.39, 0.29) is 18.3 Å². The number of aryl methyl sites for hydroxylation is 2. The van der Waals surface area contributed by atoms with Gasteiger partial charge in [-0.25, -0.2) is 19.3 Å². The van der Waals surface area contributed by atoms with Crippen LogP contribution in [0.2, 0.25) is 0 Å². The Morgan fingerprint density at radius 1 is 0.857 bits per heavy atom. The second kappa shape index (κ2) is 16.7. The van der Waals surface area contributed by atoms with Gasteiger partial charge in [0.05, 0.1) is 30.2 Å². The van der Waals surface area contributed by atoms with Crippen molar-refractivity contribution in [2.45, 2.75) is 33.1 Å². The Kier molecular flexibility index (Phi) is 11.8. The maximum absolute atomic E-state index is 13.4. The number of benzene rings is 3. The van der Waals surface area contributed by atoms with Crippen LogP contribution in [-0.2, 0) is 16.0 Å². The van der Waals surface area contributed by atoms with E-state index < -0.39 is 12.1 Å². The van der Waals surface area contributed by atoms with Gasteiger partial charge in [0.25, 0.3) is 0 Å². The number of carbonyl (C=O) groups excluding carboxylic acids is 3. The minimum Gasteiger partial charge on any atom is -0.457 e. The molecule has 13 heteroatoms. The highest BCUT2D eigenvalue weighted by Crippen LogP contribution is 2.35. The van der Waals surface area contributed by atoms with Gasteiger partial charge >= 0.3 is 12.1 Å². The Balaban J connectivity index is 1.27. The highest BCUT2D eigenvalue weighted by Gasteiger charge is 2.15. The molecular formula is C36H40N8O5. The van der Waals surface area contributed by atoms with Crippen molar-refractivity contribution in [2.24, 2.45) is 0 Å². The molecular weight excluding hydrogens is 624 g/mol. The molecule has 0 aliphatic heterocycles. The van der Waals surface area contributed by atoms with Gasteiger partial charge in [0.15, 0.2) is 0 Å². The molecule has 13 nitrogen and oxygen atoms in total. The molecule has 0 aliphatic rings. The van der Waals surface area contributed by atoms with Crippen molar-refractivity contribution in [3.8, 4) is 17.2 Å². The lowest BCUT2D eigenvalue weighted by Gasteiger charge is -2.15. The van der Waals surface area contributed by atoms with Crippen LogP contribution in [0.3, 0.4) is 0 Å². The summed E-state index contributed by atoms with van der Waals surface area (Å²) in [7, 11) is 1.54. The first-order valence-corrected chi connectivity index (χ1v) is 16.0. The lowest BCUT2D eigenvalue weighted by atomic mass is 10.1. The number of anilines is 3. The maximum atomic E-state index is 13.4. The number of fused-ring (bicyclic) bond motifs is 1. The van der Waals surface area contributed by atoms with Crippen molar-refractivity contribution in [3.63, 3.8) is 0 Å². The van der Waals surface area contributed by atoms with E-state index in [0.29, 0.717) is 36.2 Å². The van der Waals surface area contributed by atoms with Crippen LogP contribution in [-0.4, -0.2) is 59.5 Å². The van der Waals surface area contributed by atoms with E-state index in [1.807, 2.05) is 61.5 Å². The van der Waals surface area contributed by atoms with Gasteiger partial charge < -0.3 is 25.4 Å². The summed E-state index contributed by atoms with van der Waals surface area (Å²) in [6.45, 7) is 4.68. The predicted molar refractivity (Wildman–Crippen MR) is 190 cm³/mol. The number of carbonyl (C=O) groups is 3. The van der Waals surface area contributed by atoms with Gasteiger partial charge in [-0.1, -0.05) is 55.3 Å². The minimum absolute atomic E-state index is 0.202. The highest BCUT2D eigenvalue weighted by molar-refractivity contribution is 6.07. The molecule has 0 bridgehead atoms. The summed E-state index contributed by atoms with van der Waals surface area (Å²) < 4.78 is 12.8. The number of methoxy groups -OCH3 is 1. The van der Waals surface area contributed by atoms with Crippen molar-refractivity contribution >= 4 is 46.1 Å². The predicted octanol–water partition coefficient (Wildman–Crippen LogP) is 6.39. The van der Waals surface area contributed by atoms with E-state index in [1.54, 1.807) is 28.9 Å². The number of rotatable bonds is 14. The van der Waals surface area contributed by atoms with E-state index >= 15 is 0 Å². The number of unbranched alkanes of at least 4 members (excludes halogenated alkanes) is 1. The Labute approximate surface area is 284 Å². The van der Waals surface area contributed by atoms with Gasteiger partial charge in [0.2, 0.25) is 5.91 Å². The molecule has 5 N–H and O–H groups in total. The zero-order valence-electron chi connectivity index (χ0n) is 27.7. The topological polar surface area (TPSA) is 161 Å². The molecule has 0 aliphatic carbocycles. The summed E-state index contributed by atoms with van der Waals surface area (Å²) in [5, 5.41) is 20.0. The third kappa shape index (κ3) is 9.55. The van der Waals surface area contributed by atoms with Crippen LogP contribution >= 0.6 is 0 Å². The van der Waals surface area contributed by atoms with Crippen LogP contribution in [0.15, 0.2) is 85.1 Å². The molecule has 0 saturated heterocycles. The monoisotopic (exact) mass is 664 g/mol. The van der Waals surface area contributed by atoms with Crippen molar-refractivity contribution in [1.82, 2.24) is 25.4 Å². The lowest BCUT2D eigenvalue weighted by molar-refractivity contribution is -0.120. The van der Waals surface area contributed by atoms with E-state index in [4.69, 9.17) is 14.6 Å². The molecule has 2 aromatic heterocycles. The molecule has 0 unspecified atom stereocenters. The fraction of sp³-hybridized carbons (Fsp3) is 0.250. The standard InChI is InChI=1S/C36H40N8O5/c1-4-5-8-25-21-33(44(43-25)26-13-11-24(2)12-14-26)42-36(47)40-30-15-16-31(29-10-7-6-9-28(29)30)49-27-17-18-37-32(22-27)41-35(46)39-23-34(45)38-19-20-48-3/h6-7,9-18,21-22H,4-5,8,19-20,23H2,1-3H3,(H,38,45)(H2,40,42,47)(H2,37,39,41,46). The van der Waals surface area contributed by atoms with Crippen LogP contribution in [0.1, 0.15) is 31.0 Å². The number of hydrogen-bond acceptors (Lipinski definition) is 7. The van der Waals surface area contributed by atoms with Gasteiger partial charge in [0.1, 0.15) is 23.1 Å². The number of urea groups is 2. The fourth-order valence-electron chi connectivity index (χ4n) is 4.97. The third-order valence-electron chi connectivity index (χ3n) is 7.44. The van der Waals surface area contributed by atoms with E-state index in [2.05, 4.69) is 38.5 Å². The summed E-state index contributed by atoms with van der Waals surface area (Å²) in [4.78, 5) is 41.7. The normalized spacial score (nSPS) is 10.8. The summed E-state index contributed by atoms with van der Waals surface area (Å²) in [6, 6.07) is 23.2. The van der Waals surface area contributed by atoms with Crippen molar-refractivity contribution in [2.75, 3.05) is 42.8 Å². The molecule has 5 rings (SSSR count).